The number of hydrogen-bond acceptors (Lipinski definition) is 3. The molecule has 1 amide bonds. The van der Waals surface area contributed by atoms with Gasteiger partial charge in [-0.05, 0) is 49.9 Å². The van der Waals surface area contributed by atoms with Crippen molar-refractivity contribution in [3.8, 4) is 0 Å². The predicted molar refractivity (Wildman–Crippen MR) is 96.5 cm³/mol. The van der Waals surface area contributed by atoms with Crippen LogP contribution in [0.5, 0.6) is 0 Å². The lowest BCUT2D eigenvalue weighted by Gasteiger charge is -2.35. The van der Waals surface area contributed by atoms with Gasteiger partial charge in [0.1, 0.15) is 5.82 Å². The van der Waals surface area contributed by atoms with Gasteiger partial charge in [-0.15, -0.1) is 24.2 Å². The van der Waals surface area contributed by atoms with Gasteiger partial charge in [-0.3, -0.25) is 4.79 Å². The van der Waals surface area contributed by atoms with E-state index in [2.05, 4.69) is 0 Å². The SMILES string of the molecule is CC(CSc1ccc(F)cc1)C(=O)N1CCC(C(C)N)CC1.Cl. The highest BCUT2D eigenvalue weighted by Crippen LogP contribution is 2.24. The van der Waals surface area contributed by atoms with Gasteiger partial charge >= 0.3 is 0 Å². The average molecular weight is 361 g/mol. The Balaban J connectivity index is 0.00000264. The molecule has 1 aromatic carbocycles. The minimum Gasteiger partial charge on any atom is -0.342 e. The maximum absolute atomic E-state index is 12.9. The molecule has 2 atom stereocenters. The van der Waals surface area contributed by atoms with E-state index in [0.29, 0.717) is 5.92 Å². The van der Waals surface area contributed by atoms with Crippen molar-refractivity contribution in [2.24, 2.45) is 17.6 Å². The first-order chi connectivity index (χ1) is 10.5. The van der Waals surface area contributed by atoms with Crippen molar-refractivity contribution in [3.63, 3.8) is 0 Å². The second-order valence-corrected chi connectivity index (χ2v) is 7.28. The van der Waals surface area contributed by atoms with E-state index in [1.807, 2.05) is 18.7 Å². The number of rotatable bonds is 5. The number of benzene rings is 1. The third-order valence-corrected chi connectivity index (χ3v) is 5.60. The molecule has 2 unspecified atom stereocenters. The lowest BCUT2D eigenvalue weighted by molar-refractivity contribution is -0.135. The topological polar surface area (TPSA) is 46.3 Å². The molecule has 2 rings (SSSR count). The molecule has 0 bridgehead atoms. The Hall–Kier alpha value is -0.780. The Morgan fingerprint density at radius 3 is 2.39 bits per heavy atom. The number of likely N-dealkylation sites (tertiary alicyclic amines) is 1. The first-order valence-electron chi connectivity index (χ1n) is 7.90. The standard InChI is InChI=1S/C17H25FN2OS.ClH/c1-12(11-22-16-5-3-15(18)4-6-16)17(21)20-9-7-14(8-10-20)13(2)19;/h3-6,12-14H,7-11,19H2,1-2H3;1H. The van der Waals surface area contributed by atoms with Gasteiger partial charge in [0.2, 0.25) is 5.91 Å². The summed E-state index contributed by atoms with van der Waals surface area (Å²) in [5, 5.41) is 0. The smallest absolute Gasteiger partial charge is 0.226 e. The van der Waals surface area contributed by atoms with Crippen LogP contribution in [0.3, 0.4) is 0 Å². The van der Waals surface area contributed by atoms with Gasteiger partial charge in [0.15, 0.2) is 0 Å². The molecule has 0 aromatic heterocycles. The number of halogens is 2. The van der Waals surface area contributed by atoms with E-state index in [1.165, 1.54) is 12.1 Å². The Kier molecular flexibility index (Phi) is 8.37. The number of piperidine rings is 1. The summed E-state index contributed by atoms with van der Waals surface area (Å²) < 4.78 is 12.9. The normalized spacial score (nSPS) is 18.2. The molecule has 2 N–H and O–H groups in total. The molecule has 1 aromatic rings. The zero-order valence-corrected chi connectivity index (χ0v) is 15.3. The fraction of sp³-hybridized carbons (Fsp3) is 0.588. The van der Waals surface area contributed by atoms with Gasteiger partial charge in [0.25, 0.3) is 0 Å². The molecule has 0 spiro atoms. The fourth-order valence-electron chi connectivity index (χ4n) is 2.78. The molecular formula is C17H26ClFN2OS. The van der Waals surface area contributed by atoms with E-state index >= 15 is 0 Å². The molecule has 0 saturated carbocycles. The summed E-state index contributed by atoms with van der Waals surface area (Å²) >= 11 is 1.60. The van der Waals surface area contributed by atoms with Crippen LogP contribution in [0.15, 0.2) is 29.2 Å². The number of nitrogens with zero attached hydrogens (tertiary/aromatic N) is 1. The number of hydrogen-bond donors (Lipinski definition) is 1. The Morgan fingerprint density at radius 2 is 1.87 bits per heavy atom. The highest BCUT2D eigenvalue weighted by molar-refractivity contribution is 7.99. The summed E-state index contributed by atoms with van der Waals surface area (Å²) in [6, 6.07) is 6.63. The lowest BCUT2D eigenvalue weighted by Crippen LogP contribution is -2.44. The monoisotopic (exact) mass is 360 g/mol. The molecule has 1 aliphatic heterocycles. The lowest BCUT2D eigenvalue weighted by atomic mass is 9.90. The molecule has 0 aliphatic carbocycles. The van der Waals surface area contributed by atoms with Crippen LogP contribution >= 0.6 is 24.2 Å². The molecule has 1 heterocycles. The van der Waals surface area contributed by atoms with Gasteiger partial charge < -0.3 is 10.6 Å². The van der Waals surface area contributed by atoms with Crippen LogP contribution in [0.4, 0.5) is 4.39 Å². The second kappa shape index (κ2) is 9.50. The number of nitrogens with two attached hydrogens (primary N) is 1. The van der Waals surface area contributed by atoms with Crippen LogP contribution in [-0.2, 0) is 4.79 Å². The molecule has 1 saturated heterocycles. The minimum atomic E-state index is -0.231. The average Bonchev–Trinajstić information content (AvgIpc) is 2.53. The van der Waals surface area contributed by atoms with Crippen molar-refractivity contribution >= 4 is 30.1 Å². The Morgan fingerprint density at radius 1 is 1.30 bits per heavy atom. The zero-order valence-electron chi connectivity index (χ0n) is 13.7. The molecule has 6 heteroatoms. The molecule has 0 radical (unpaired) electrons. The van der Waals surface area contributed by atoms with Crippen LogP contribution in [-0.4, -0.2) is 35.7 Å². The summed E-state index contributed by atoms with van der Waals surface area (Å²) in [5.74, 6) is 1.22. The van der Waals surface area contributed by atoms with E-state index in [1.54, 1.807) is 23.9 Å². The summed E-state index contributed by atoms with van der Waals surface area (Å²) in [6.45, 7) is 5.65. The van der Waals surface area contributed by atoms with Crippen LogP contribution in [0.2, 0.25) is 0 Å². The van der Waals surface area contributed by atoms with E-state index in [-0.39, 0.29) is 36.1 Å². The van der Waals surface area contributed by atoms with Crippen LogP contribution < -0.4 is 5.73 Å². The van der Waals surface area contributed by atoms with Gasteiger partial charge in [0.05, 0.1) is 0 Å². The Bertz CT molecular complexity index is 490. The van der Waals surface area contributed by atoms with Crippen molar-refractivity contribution < 1.29 is 9.18 Å². The first-order valence-corrected chi connectivity index (χ1v) is 8.88. The number of thioether (sulfide) groups is 1. The van der Waals surface area contributed by atoms with Crippen molar-refractivity contribution in [1.82, 2.24) is 4.90 Å². The predicted octanol–water partition coefficient (Wildman–Crippen LogP) is 3.56. The molecular weight excluding hydrogens is 335 g/mol. The van der Waals surface area contributed by atoms with Crippen molar-refractivity contribution in [1.29, 1.82) is 0 Å². The summed E-state index contributed by atoms with van der Waals surface area (Å²) in [6.07, 6.45) is 2.00. The quantitative estimate of drug-likeness (QED) is 0.816. The van der Waals surface area contributed by atoms with E-state index in [4.69, 9.17) is 5.73 Å². The third-order valence-electron chi connectivity index (χ3n) is 4.33. The van der Waals surface area contributed by atoms with Crippen molar-refractivity contribution in [2.45, 2.75) is 37.6 Å². The van der Waals surface area contributed by atoms with E-state index in [9.17, 15) is 9.18 Å². The molecule has 1 fully saturated rings. The molecule has 3 nitrogen and oxygen atoms in total. The minimum absolute atomic E-state index is 0. The van der Waals surface area contributed by atoms with Gasteiger partial charge in [0, 0.05) is 35.7 Å². The van der Waals surface area contributed by atoms with Gasteiger partial charge in [-0.2, -0.15) is 0 Å². The highest BCUT2D eigenvalue weighted by atomic mass is 35.5. The molecule has 1 aliphatic rings. The zero-order chi connectivity index (χ0) is 16.1. The number of carbonyl (C=O) groups is 1. The number of carbonyl (C=O) groups excluding carboxylic acids is 1. The second-order valence-electron chi connectivity index (χ2n) is 6.19. The van der Waals surface area contributed by atoms with Crippen LogP contribution in [0.1, 0.15) is 26.7 Å². The first kappa shape index (κ1) is 20.3. The number of amides is 1. The summed E-state index contributed by atoms with van der Waals surface area (Å²) in [4.78, 5) is 15.4. The van der Waals surface area contributed by atoms with Gasteiger partial charge in [-0.25, -0.2) is 4.39 Å². The van der Waals surface area contributed by atoms with E-state index in [0.717, 1.165) is 36.6 Å². The highest BCUT2D eigenvalue weighted by Gasteiger charge is 2.27. The maximum Gasteiger partial charge on any atom is 0.226 e. The maximum atomic E-state index is 12.9. The molecule has 130 valence electrons. The van der Waals surface area contributed by atoms with E-state index < -0.39 is 0 Å². The van der Waals surface area contributed by atoms with Gasteiger partial charge in [-0.1, -0.05) is 6.92 Å². The van der Waals surface area contributed by atoms with Crippen molar-refractivity contribution in [2.75, 3.05) is 18.8 Å². The Labute approximate surface area is 148 Å². The molecule has 23 heavy (non-hydrogen) atoms. The summed E-state index contributed by atoms with van der Waals surface area (Å²) in [7, 11) is 0. The third kappa shape index (κ3) is 5.98. The largest absolute Gasteiger partial charge is 0.342 e. The fourth-order valence-corrected chi connectivity index (χ4v) is 3.69. The van der Waals surface area contributed by atoms with Crippen molar-refractivity contribution in [3.05, 3.63) is 30.1 Å². The van der Waals surface area contributed by atoms with Crippen LogP contribution in [0, 0.1) is 17.7 Å². The van der Waals surface area contributed by atoms with Crippen LogP contribution in [0.25, 0.3) is 0 Å². The summed E-state index contributed by atoms with van der Waals surface area (Å²) in [5.41, 5.74) is 5.94.